The molecule has 1 rings (SSSR count). The van der Waals surface area contributed by atoms with E-state index in [0.717, 1.165) is 23.8 Å². The number of nitrogens with two attached hydrogens (primary N) is 1. The number of hydrazine groups is 1. The van der Waals surface area contributed by atoms with Crippen LogP contribution < -0.4 is 11.3 Å². The zero-order valence-electron chi connectivity index (χ0n) is 9.80. The van der Waals surface area contributed by atoms with Gasteiger partial charge in [-0.25, -0.2) is 0 Å². The van der Waals surface area contributed by atoms with Crippen LogP contribution in [0.4, 0.5) is 0 Å². The fraction of sp³-hybridized carbons (Fsp3) is 0.833. The van der Waals surface area contributed by atoms with Crippen LogP contribution >= 0.6 is 11.8 Å². The summed E-state index contributed by atoms with van der Waals surface area (Å²) >= 11 is 2.09. The fourth-order valence-electron chi connectivity index (χ4n) is 1.97. The molecule has 1 aliphatic rings. The first-order valence-corrected chi connectivity index (χ1v) is 7.05. The largest absolute Gasteiger partial charge is 0.271 e. The zero-order valence-corrected chi connectivity index (χ0v) is 10.6. The maximum absolute atomic E-state index is 5.56. The molecule has 3 N–H and O–H groups in total. The van der Waals surface area contributed by atoms with Crippen LogP contribution in [0, 0.1) is 0 Å². The van der Waals surface area contributed by atoms with Crippen molar-refractivity contribution in [2.24, 2.45) is 5.84 Å². The second-order valence-electron chi connectivity index (χ2n) is 4.41. The molecule has 0 aromatic rings. The van der Waals surface area contributed by atoms with Crippen LogP contribution in [-0.4, -0.2) is 17.0 Å². The topological polar surface area (TPSA) is 38.0 Å². The molecule has 0 heterocycles. The van der Waals surface area contributed by atoms with Gasteiger partial charge in [0.1, 0.15) is 0 Å². The predicted octanol–water partition coefficient (Wildman–Crippen LogP) is 2.85. The van der Waals surface area contributed by atoms with E-state index in [4.69, 9.17) is 5.84 Å². The first-order valence-electron chi connectivity index (χ1n) is 6.00. The zero-order chi connectivity index (χ0) is 11.1. The number of hydrogen-bond donors (Lipinski definition) is 2. The van der Waals surface area contributed by atoms with Gasteiger partial charge < -0.3 is 0 Å². The van der Waals surface area contributed by atoms with Crippen molar-refractivity contribution in [2.75, 3.05) is 5.75 Å². The number of hydrogen-bond acceptors (Lipinski definition) is 3. The summed E-state index contributed by atoms with van der Waals surface area (Å²) in [5, 5.41) is 0.885. The average Bonchev–Trinajstić information content (AvgIpc) is 2.76. The van der Waals surface area contributed by atoms with Gasteiger partial charge >= 0.3 is 0 Å². The minimum Gasteiger partial charge on any atom is -0.271 e. The molecule has 15 heavy (non-hydrogen) atoms. The van der Waals surface area contributed by atoms with E-state index >= 15 is 0 Å². The maximum Gasteiger partial charge on any atom is 0.0338 e. The van der Waals surface area contributed by atoms with Gasteiger partial charge in [-0.05, 0) is 25.7 Å². The molecule has 0 saturated heterocycles. The first-order chi connectivity index (χ1) is 7.26. The Balaban J connectivity index is 2.17. The fourth-order valence-corrected chi connectivity index (χ4v) is 3.35. The molecule has 0 aromatic carbocycles. The molecule has 0 bridgehead atoms. The normalized spacial score (nSPS) is 19.3. The van der Waals surface area contributed by atoms with E-state index in [2.05, 4.69) is 30.7 Å². The van der Waals surface area contributed by atoms with Crippen molar-refractivity contribution in [2.45, 2.75) is 56.7 Å². The molecule has 0 radical (unpaired) electrons. The van der Waals surface area contributed by atoms with E-state index < -0.39 is 0 Å². The van der Waals surface area contributed by atoms with Gasteiger partial charge in [0.15, 0.2) is 0 Å². The van der Waals surface area contributed by atoms with Crippen molar-refractivity contribution in [1.82, 2.24) is 5.43 Å². The highest BCUT2D eigenvalue weighted by atomic mass is 32.2. The summed E-state index contributed by atoms with van der Waals surface area (Å²) in [5.41, 5.74) is 4.21. The Morgan fingerprint density at radius 3 is 2.73 bits per heavy atom. The number of nitrogens with one attached hydrogen (secondary N) is 1. The van der Waals surface area contributed by atoms with Gasteiger partial charge in [-0.2, -0.15) is 11.8 Å². The molecule has 0 amide bonds. The molecule has 0 aliphatic heterocycles. The minimum absolute atomic E-state index is 0.406. The van der Waals surface area contributed by atoms with Gasteiger partial charge in [-0.15, -0.1) is 0 Å². The van der Waals surface area contributed by atoms with Crippen molar-refractivity contribution in [3.8, 4) is 0 Å². The van der Waals surface area contributed by atoms with Crippen LogP contribution in [0.15, 0.2) is 12.2 Å². The van der Waals surface area contributed by atoms with E-state index in [0.29, 0.717) is 6.04 Å². The quantitative estimate of drug-likeness (QED) is 0.400. The molecular formula is C12H24N2S. The molecular weight excluding hydrogens is 204 g/mol. The van der Waals surface area contributed by atoms with Gasteiger partial charge in [0.05, 0.1) is 0 Å². The van der Waals surface area contributed by atoms with Gasteiger partial charge in [0, 0.05) is 17.0 Å². The average molecular weight is 228 g/mol. The summed E-state index contributed by atoms with van der Waals surface area (Å²) in [6.45, 7) is 6.19. The van der Waals surface area contributed by atoms with Gasteiger partial charge in [0.25, 0.3) is 0 Å². The Hall–Kier alpha value is 0.01000. The van der Waals surface area contributed by atoms with E-state index in [-0.39, 0.29) is 0 Å². The van der Waals surface area contributed by atoms with Gasteiger partial charge in [-0.1, -0.05) is 31.9 Å². The SMILES string of the molecule is C=C(CC)CC(CSC1CCCC1)NN. The van der Waals surface area contributed by atoms with E-state index in [9.17, 15) is 0 Å². The standard InChI is InChI=1S/C12H24N2S/c1-3-10(2)8-11(14-13)9-15-12-6-4-5-7-12/h11-12,14H,2-9,13H2,1H3. The molecule has 1 aliphatic carbocycles. The van der Waals surface area contributed by atoms with Crippen molar-refractivity contribution in [3.05, 3.63) is 12.2 Å². The lowest BCUT2D eigenvalue weighted by Gasteiger charge is -2.18. The molecule has 1 fully saturated rings. The molecule has 0 spiro atoms. The molecule has 2 nitrogen and oxygen atoms in total. The number of thioether (sulfide) groups is 1. The van der Waals surface area contributed by atoms with Gasteiger partial charge in [-0.3, -0.25) is 11.3 Å². The summed E-state index contributed by atoms with van der Waals surface area (Å²) in [5.74, 6) is 6.68. The highest BCUT2D eigenvalue weighted by Gasteiger charge is 2.17. The third-order valence-corrected chi connectivity index (χ3v) is 4.64. The lowest BCUT2D eigenvalue weighted by atomic mass is 10.1. The maximum atomic E-state index is 5.56. The highest BCUT2D eigenvalue weighted by Crippen LogP contribution is 2.30. The van der Waals surface area contributed by atoms with Crippen LogP contribution in [-0.2, 0) is 0 Å². The van der Waals surface area contributed by atoms with Crippen LogP contribution in [0.1, 0.15) is 45.4 Å². The Kier molecular flexibility index (Phi) is 6.37. The molecule has 0 aromatic heterocycles. The second-order valence-corrected chi connectivity index (χ2v) is 5.74. The van der Waals surface area contributed by atoms with Crippen LogP contribution in [0.2, 0.25) is 0 Å². The van der Waals surface area contributed by atoms with E-state index in [1.165, 1.54) is 31.3 Å². The minimum atomic E-state index is 0.406. The summed E-state index contributed by atoms with van der Waals surface area (Å²) in [6, 6.07) is 0.406. The van der Waals surface area contributed by atoms with Crippen molar-refractivity contribution >= 4 is 11.8 Å². The predicted molar refractivity (Wildman–Crippen MR) is 69.9 cm³/mol. The monoisotopic (exact) mass is 228 g/mol. The van der Waals surface area contributed by atoms with E-state index in [1.54, 1.807) is 0 Å². The van der Waals surface area contributed by atoms with Crippen LogP contribution in [0.25, 0.3) is 0 Å². The first kappa shape index (κ1) is 13.1. The Morgan fingerprint density at radius 1 is 1.53 bits per heavy atom. The van der Waals surface area contributed by atoms with Crippen molar-refractivity contribution in [1.29, 1.82) is 0 Å². The highest BCUT2D eigenvalue weighted by molar-refractivity contribution is 7.99. The third kappa shape index (κ3) is 5.05. The smallest absolute Gasteiger partial charge is 0.0338 e. The second kappa shape index (κ2) is 7.31. The summed E-state index contributed by atoms with van der Waals surface area (Å²) < 4.78 is 0. The molecule has 1 unspecified atom stereocenters. The molecule has 1 saturated carbocycles. The molecule has 3 heteroatoms. The van der Waals surface area contributed by atoms with Crippen LogP contribution in [0.5, 0.6) is 0 Å². The Labute approximate surface area is 98.0 Å². The molecule has 88 valence electrons. The lowest BCUT2D eigenvalue weighted by Crippen LogP contribution is -2.37. The third-order valence-electron chi connectivity index (χ3n) is 3.11. The molecule has 1 atom stereocenters. The summed E-state index contributed by atoms with van der Waals surface area (Å²) in [7, 11) is 0. The summed E-state index contributed by atoms with van der Waals surface area (Å²) in [6.07, 6.45) is 7.71. The van der Waals surface area contributed by atoms with E-state index in [1.807, 2.05) is 0 Å². The van der Waals surface area contributed by atoms with Crippen molar-refractivity contribution in [3.63, 3.8) is 0 Å². The van der Waals surface area contributed by atoms with Gasteiger partial charge in [0.2, 0.25) is 0 Å². The Bertz CT molecular complexity index is 188. The van der Waals surface area contributed by atoms with Crippen molar-refractivity contribution < 1.29 is 0 Å². The van der Waals surface area contributed by atoms with Crippen LogP contribution in [0.3, 0.4) is 0 Å². The Morgan fingerprint density at radius 2 is 2.20 bits per heavy atom. The summed E-state index contributed by atoms with van der Waals surface area (Å²) in [4.78, 5) is 0. The number of rotatable bonds is 7. The lowest BCUT2D eigenvalue weighted by molar-refractivity contribution is 0.567.